The molecule has 25 heavy (non-hydrogen) atoms. The number of nitro groups is 1. The molecule has 0 aromatic heterocycles. The Labute approximate surface area is 151 Å². The summed E-state index contributed by atoms with van der Waals surface area (Å²) in [6.45, 7) is 4.13. The van der Waals surface area contributed by atoms with Gasteiger partial charge in [0.2, 0.25) is 0 Å². The van der Waals surface area contributed by atoms with Crippen molar-refractivity contribution in [3.8, 4) is 0 Å². The van der Waals surface area contributed by atoms with Crippen molar-refractivity contribution in [2.75, 3.05) is 26.2 Å². The van der Waals surface area contributed by atoms with Gasteiger partial charge in [0, 0.05) is 43.8 Å². The standard InChI is InChI=1S/C18H19ClN4O2/c19-17-7-3-1-6-16(17)14-21-9-11-22(12-10-21)20-13-15-5-2-4-8-18(15)23(24)25/h1-8,13H,9-12,14H2/b20-13-. The van der Waals surface area contributed by atoms with Crippen molar-refractivity contribution in [3.63, 3.8) is 0 Å². The highest BCUT2D eigenvalue weighted by atomic mass is 35.5. The van der Waals surface area contributed by atoms with Crippen molar-refractivity contribution >= 4 is 23.5 Å². The van der Waals surface area contributed by atoms with Crippen LogP contribution in [0.5, 0.6) is 0 Å². The average Bonchev–Trinajstić information content (AvgIpc) is 2.63. The van der Waals surface area contributed by atoms with E-state index in [4.69, 9.17) is 11.6 Å². The van der Waals surface area contributed by atoms with Crippen LogP contribution in [0.4, 0.5) is 5.69 Å². The molecule has 130 valence electrons. The van der Waals surface area contributed by atoms with Gasteiger partial charge in [-0.1, -0.05) is 41.9 Å². The summed E-state index contributed by atoms with van der Waals surface area (Å²) in [7, 11) is 0. The molecule has 0 saturated carbocycles. The van der Waals surface area contributed by atoms with Gasteiger partial charge in [-0.25, -0.2) is 0 Å². The molecule has 0 aliphatic carbocycles. The number of hydrogen-bond acceptors (Lipinski definition) is 5. The topological polar surface area (TPSA) is 62.0 Å². The van der Waals surface area contributed by atoms with Crippen LogP contribution in [0.2, 0.25) is 5.02 Å². The molecule has 1 aliphatic rings. The van der Waals surface area contributed by atoms with Crippen LogP contribution in [0.3, 0.4) is 0 Å². The number of hydrogen-bond donors (Lipinski definition) is 0. The molecule has 0 unspecified atom stereocenters. The quantitative estimate of drug-likeness (QED) is 0.467. The van der Waals surface area contributed by atoms with Crippen molar-refractivity contribution in [1.29, 1.82) is 0 Å². The van der Waals surface area contributed by atoms with Crippen LogP contribution in [0, 0.1) is 10.1 Å². The van der Waals surface area contributed by atoms with E-state index in [2.05, 4.69) is 10.0 Å². The molecule has 0 amide bonds. The van der Waals surface area contributed by atoms with Gasteiger partial charge in [0.25, 0.3) is 5.69 Å². The maximum absolute atomic E-state index is 11.0. The summed E-state index contributed by atoms with van der Waals surface area (Å²) in [5, 5.41) is 18.2. The number of para-hydroxylation sites is 1. The highest BCUT2D eigenvalue weighted by Gasteiger charge is 2.17. The summed E-state index contributed by atoms with van der Waals surface area (Å²) in [5.41, 5.74) is 1.72. The summed E-state index contributed by atoms with van der Waals surface area (Å²) >= 11 is 6.21. The molecule has 0 bridgehead atoms. The Kier molecular flexibility index (Phi) is 5.63. The SMILES string of the molecule is O=[N+]([O-])c1ccccc1/C=N\N1CCN(Cc2ccccc2Cl)CC1. The zero-order valence-electron chi connectivity index (χ0n) is 13.7. The molecule has 0 N–H and O–H groups in total. The van der Waals surface area contributed by atoms with Crippen LogP contribution in [0.15, 0.2) is 53.6 Å². The molecule has 3 rings (SSSR count). The molecule has 0 spiro atoms. The largest absolute Gasteiger partial charge is 0.295 e. The minimum absolute atomic E-state index is 0.0728. The first-order valence-electron chi connectivity index (χ1n) is 8.11. The summed E-state index contributed by atoms with van der Waals surface area (Å²) in [4.78, 5) is 13.0. The Morgan fingerprint density at radius 2 is 1.76 bits per heavy atom. The third-order valence-corrected chi connectivity index (χ3v) is 4.56. The first kappa shape index (κ1) is 17.4. The summed E-state index contributed by atoms with van der Waals surface area (Å²) in [5.74, 6) is 0. The van der Waals surface area contributed by atoms with Crippen LogP contribution in [-0.2, 0) is 6.54 Å². The molecular weight excluding hydrogens is 340 g/mol. The molecule has 1 fully saturated rings. The lowest BCUT2D eigenvalue weighted by Crippen LogP contribution is -2.43. The maximum Gasteiger partial charge on any atom is 0.278 e. The molecule has 0 radical (unpaired) electrons. The molecule has 6 nitrogen and oxygen atoms in total. The number of hydrazone groups is 1. The molecule has 7 heteroatoms. The molecule has 1 heterocycles. The normalized spacial score (nSPS) is 15.6. The van der Waals surface area contributed by atoms with Gasteiger partial charge in [-0.2, -0.15) is 5.10 Å². The van der Waals surface area contributed by atoms with Gasteiger partial charge >= 0.3 is 0 Å². The molecule has 1 aliphatic heterocycles. The predicted molar refractivity (Wildman–Crippen MR) is 99.0 cm³/mol. The number of rotatable bonds is 5. The number of halogens is 1. The van der Waals surface area contributed by atoms with E-state index >= 15 is 0 Å². The van der Waals surface area contributed by atoms with Gasteiger partial charge in [-0.05, 0) is 17.7 Å². The van der Waals surface area contributed by atoms with Crippen LogP contribution >= 0.6 is 11.6 Å². The van der Waals surface area contributed by atoms with E-state index < -0.39 is 0 Å². The fraction of sp³-hybridized carbons (Fsp3) is 0.278. The lowest BCUT2D eigenvalue weighted by atomic mass is 10.2. The van der Waals surface area contributed by atoms with Crippen molar-refractivity contribution in [2.45, 2.75) is 6.54 Å². The third-order valence-electron chi connectivity index (χ3n) is 4.19. The lowest BCUT2D eigenvalue weighted by Gasteiger charge is -2.33. The Morgan fingerprint density at radius 3 is 2.48 bits per heavy atom. The summed E-state index contributed by atoms with van der Waals surface area (Å²) in [6.07, 6.45) is 1.57. The van der Waals surface area contributed by atoms with E-state index in [1.165, 1.54) is 6.07 Å². The monoisotopic (exact) mass is 358 g/mol. The van der Waals surface area contributed by atoms with Crippen molar-refractivity contribution in [2.24, 2.45) is 5.10 Å². The van der Waals surface area contributed by atoms with Crippen molar-refractivity contribution in [3.05, 3.63) is 74.8 Å². The number of benzene rings is 2. The van der Waals surface area contributed by atoms with Crippen LogP contribution in [0.1, 0.15) is 11.1 Å². The highest BCUT2D eigenvalue weighted by Crippen LogP contribution is 2.18. The maximum atomic E-state index is 11.0. The molecule has 2 aromatic rings. The molecule has 0 atom stereocenters. The van der Waals surface area contributed by atoms with Gasteiger partial charge in [0.1, 0.15) is 0 Å². The van der Waals surface area contributed by atoms with Crippen LogP contribution in [0.25, 0.3) is 0 Å². The van der Waals surface area contributed by atoms with Gasteiger partial charge in [0.05, 0.1) is 16.7 Å². The number of piperazine rings is 1. The van der Waals surface area contributed by atoms with Gasteiger partial charge < -0.3 is 0 Å². The number of nitrogens with zero attached hydrogens (tertiary/aromatic N) is 4. The fourth-order valence-corrected chi connectivity index (χ4v) is 2.98. The van der Waals surface area contributed by atoms with E-state index in [0.29, 0.717) is 5.56 Å². The molecular formula is C18H19ClN4O2. The lowest BCUT2D eigenvalue weighted by molar-refractivity contribution is -0.385. The zero-order valence-corrected chi connectivity index (χ0v) is 14.5. The first-order valence-corrected chi connectivity index (χ1v) is 8.49. The summed E-state index contributed by atoms with van der Waals surface area (Å²) < 4.78 is 0. The average molecular weight is 359 g/mol. The Morgan fingerprint density at radius 1 is 1.08 bits per heavy atom. The summed E-state index contributed by atoms with van der Waals surface area (Å²) in [6, 6.07) is 14.5. The van der Waals surface area contributed by atoms with Gasteiger partial charge in [-0.15, -0.1) is 0 Å². The smallest absolute Gasteiger partial charge is 0.278 e. The predicted octanol–water partition coefficient (Wildman–Crippen LogP) is 3.40. The van der Waals surface area contributed by atoms with E-state index in [-0.39, 0.29) is 10.6 Å². The minimum atomic E-state index is -0.386. The Hall–Kier alpha value is -2.44. The minimum Gasteiger partial charge on any atom is -0.295 e. The van der Waals surface area contributed by atoms with Crippen LogP contribution in [-0.4, -0.2) is 47.2 Å². The van der Waals surface area contributed by atoms with Gasteiger partial charge in [0.15, 0.2) is 0 Å². The first-order chi connectivity index (χ1) is 12.1. The fourth-order valence-electron chi connectivity index (χ4n) is 2.79. The van der Waals surface area contributed by atoms with Gasteiger partial charge in [-0.3, -0.25) is 20.0 Å². The van der Waals surface area contributed by atoms with E-state index in [9.17, 15) is 10.1 Å². The second kappa shape index (κ2) is 8.09. The van der Waals surface area contributed by atoms with E-state index in [1.807, 2.05) is 29.3 Å². The Balaban J connectivity index is 1.56. The second-order valence-corrected chi connectivity index (χ2v) is 6.29. The zero-order chi connectivity index (χ0) is 17.6. The van der Waals surface area contributed by atoms with Crippen molar-refractivity contribution in [1.82, 2.24) is 9.91 Å². The van der Waals surface area contributed by atoms with E-state index in [0.717, 1.165) is 43.3 Å². The van der Waals surface area contributed by atoms with E-state index in [1.54, 1.807) is 24.4 Å². The second-order valence-electron chi connectivity index (χ2n) is 5.88. The van der Waals surface area contributed by atoms with Crippen LogP contribution < -0.4 is 0 Å². The molecule has 1 saturated heterocycles. The third kappa shape index (κ3) is 4.55. The molecule has 2 aromatic carbocycles. The Bertz CT molecular complexity index is 773. The highest BCUT2D eigenvalue weighted by molar-refractivity contribution is 6.31. The number of nitro benzene ring substituents is 1. The van der Waals surface area contributed by atoms with Crippen molar-refractivity contribution < 1.29 is 4.92 Å².